The highest BCUT2D eigenvalue weighted by atomic mass is 35.5. The van der Waals surface area contributed by atoms with Crippen LogP contribution in [0.5, 0.6) is 0 Å². The van der Waals surface area contributed by atoms with Crippen LogP contribution in [-0.2, 0) is 14.3 Å². The number of halogens is 2. The molecule has 6 heteroatoms. The topological polar surface area (TPSA) is 46.6 Å². The van der Waals surface area contributed by atoms with Crippen LogP contribution in [0.1, 0.15) is 23.6 Å². The first kappa shape index (κ1) is 20.2. The second kappa shape index (κ2) is 7.82. The maximum Gasteiger partial charge on any atom is 0.340 e. The summed E-state index contributed by atoms with van der Waals surface area (Å²) in [5.41, 5.74) is 4.29. The summed E-state index contributed by atoms with van der Waals surface area (Å²) < 4.78 is 4.93. The Kier molecular flexibility index (Phi) is 5.64. The summed E-state index contributed by atoms with van der Waals surface area (Å²) in [6.07, 6.45) is 1.60. The quantitative estimate of drug-likeness (QED) is 0.491. The number of hydrogen-bond acceptors (Lipinski definition) is 3. The number of carbonyl (C=O) groups excluding carboxylic acids is 2. The van der Waals surface area contributed by atoms with Crippen LogP contribution in [0.25, 0.3) is 6.08 Å². The number of hydrogen-bond donors (Lipinski definition) is 0. The van der Waals surface area contributed by atoms with Crippen LogP contribution in [0.4, 0.5) is 5.69 Å². The van der Waals surface area contributed by atoms with Crippen molar-refractivity contribution in [3.63, 3.8) is 0 Å². The molecule has 0 bridgehead atoms. The Morgan fingerprint density at radius 1 is 1.04 bits per heavy atom. The number of amides is 1. The van der Waals surface area contributed by atoms with E-state index in [1.54, 1.807) is 31.2 Å². The highest BCUT2D eigenvalue weighted by Gasteiger charge is 2.38. The van der Waals surface area contributed by atoms with Crippen LogP contribution < -0.4 is 4.90 Å². The lowest BCUT2D eigenvalue weighted by molar-refractivity contribution is -0.136. The fraction of sp³-hybridized carbons (Fsp3) is 0.182. The Labute approximate surface area is 174 Å². The van der Waals surface area contributed by atoms with Gasteiger partial charge in [-0.15, -0.1) is 0 Å². The van der Waals surface area contributed by atoms with Gasteiger partial charge >= 0.3 is 5.97 Å². The van der Waals surface area contributed by atoms with E-state index in [4.69, 9.17) is 27.9 Å². The van der Waals surface area contributed by atoms with Crippen molar-refractivity contribution in [2.75, 3.05) is 12.0 Å². The molecule has 1 heterocycles. The first-order valence-electron chi connectivity index (χ1n) is 8.62. The lowest BCUT2D eigenvalue weighted by Gasteiger charge is -2.19. The van der Waals surface area contributed by atoms with Crippen LogP contribution in [-0.4, -0.2) is 19.0 Å². The molecule has 0 saturated carbocycles. The van der Waals surface area contributed by atoms with Crippen LogP contribution in [0.2, 0.25) is 10.0 Å². The van der Waals surface area contributed by atoms with Crippen LogP contribution >= 0.6 is 23.2 Å². The molecule has 0 saturated heterocycles. The monoisotopic (exact) mass is 415 g/mol. The number of aryl methyl sites for hydroxylation is 2. The second-order valence-electron chi connectivity index (χ2n) is 6.66. The molecule has 0 N–H and O–H groups in total. The van der Waals surface area contributed by atoms with Gasteiger partial charge in [-0.25, -0.2) is 4.79 Å². The van der Waals surface area contributed by atoms with Gasteiger partial charge in [0, 0.05) is 21.4 Å². The predicted octanol–water partition coefficient (Wildman–Crippen LogP) is 5.49. The van der Waals surface area contributed by atoms with Crippen molar-refractivity contribution in [2.24, 2.45) is 0 Å². The minimum Gasteiger partial charge on any atom is -0.465 e. The lowest BCUT2D eigenvalue weighted by Crippen LogP contribution is -2.24. The van der Waals surface area contributed by atoms with Gasteiger partial charge < -0.3 is 4.74 Å². The van der Waals surface area contributed by atoms with Crippen LogP contribution in [0.15, 0.2) is 53.2 Å². The highest BCUT2D eigenvalue weighted by molar-refractivity contribution is 6.36. The summed E-state index contributed by atoms with van der Waals surface area (Å²) in [6.45, 7) is 5.65. The molecule has 3 rings (SSSR count). The summed E-state index contributed by atoms with van der Waals surface area (Å²) in [6, 6.07) is 10.8. The largest absolute Gasteiger partial charge is 0.465 e. The van der Waals surface area contributed by atoms with Crippen molar-refractivity contribution in [3.05, 3.63) is 80.0 Å². The number of ether oxygens (including phenoxy) is 1. The van der Waals surface area contributed by atoms with E-state index in [1.807, 2.05) is 32.0 Å². The average Bonchev–Trinajstić information content (AvgIpc) is 2.86. The van der Waals surface area contributed by atoms with Crippen molar-refractivity contribution in [1.82, 2.24) is 0 Å². The molecule has 1 aliphatic rings. The van der Waals surface area contributed by atoms with E-state index in [0.717, 1.165) is 11.1 Å². The second-order valence-corrected chi connectivity index (χ2v) is 7.51. The Bertz CT molecular complexity index is 1030. The van der Waals surface area contributed by atoms with Crippen molar-refractivity contribution in [3.8, 4) is 0 Å². The molecule has 0 aliphatic carbocycles. The number of allylic oxidation sites excluding steroid dienone is 1. The SMILES string of the molecule is COC(=O)C1=C(C)N(c2cc(C)cc(C)c2)C(=O)/C1=C\c1ccc(Cl)cc1Cl. The highest BCUT2D eigenvalue weighted by Crippen LogP contribution is 2.37. The molecule has 0 unspecified atom stereocenters. The van der Waals surface area contributed by atoms with E-state index in [0.29, 0.717) is 27.0 Å². The van der Waals surface area contributed by atoms with E-state index in [-0.39, 0.29) is 17.1 Å². The summed E-state index contributed by atoms with van der Waals surface area (Å²) >= 11 is 12.2. The summed E-state index contributed by atoms with van der Waals surface area (Å²) in [7, 11) is 1.29. The molecule has 0 aromatic heterocycles. The van der Waals surface area contributed by atoms with Gasteiger partial charge in [-0.05, 0) is 67.8 Å². The molecule has 2 aromatic rings. The van der Waals surface area contributed by atoms with Crippen molar-refractivity contribution < 1.29 is 14.3 Å². The van der Waals surface area contributed by atoms with Gasteiger partial charge in [0.2, 0.25) is 0 Å². The van der Waals surface area contributed by atoms with Gasteiger partial charge in [0.15, 0.2) is 0 Å². The zero-order valence-corrected chi connectivity index (χ0v) is 17.5. The zero-order chi connectivity index (χ0) is 20.6. The summed E-state index contributed by atoms with van der Waals surface area (Å²) in [5.74, 6) is -0.886. The van der Waals surface area contributed by atoms with Gasteiger partial charge in [-0.1, -0.05) is 35.3 Å². The number of methoxy groups -OCH3 is 1. The van der Waals surface area contributed by atoms with E-state index in [9.17, 15) is 9.59 Å². The fourth-order valence-corrected chi connectivity index (χ4v) is 3.81. The Morgan fingerprint density at radius 3 is 2.25 bits per heavy atom. The van der Waals surface area contributed by atoms with Gasteiger partial charge in [0.05, 0.1) is 18.3 Å². The fourth-order valence-electron chi connectivity index (χ4n) is 3.34. The number of anilines is 1. The third-order valence-corrected chi connectivity index (χ3v) is 5.08. The average molecular weight is 416 g/mol. The first-order chi connectivity index (χ1) is 13.2. The summed E-state index contributed by atoms with van der Waals surface area (Å²) in [5, 5.41) is 0.876. The molecular weight excluding hydrogens is 397 g/mol. The molecular formula is C22H19Cl2NO3. The van der Waals surface area contributed by atoms with E-state index in [2.05, 4.69) is 0 Å². The number of rotatable bonds is 3. The molecule has 1 amide bonds. The minimum atomic E-state index is -0.575. The smallest absolute Gasteiger partial charge is 0.340 e. The van der Waals surface area contributed by atoms with Crippen molar-refractivity contribution >= 4 is 46.8 Å². The third kappa shape index (κ3) is 3.71. The molecule has 2 aromatic carbocycles. The van der Waals surface area contributed by atoms with Gasteiger partial charge in [-0.2, -0.15) is 0 Å². The van der Waals surface area contributed by atoms with Crippen molar-refractivity contribution in [1.29, 1.82) is 0 Å². The predicted molar refractivity (Wildman–Crippen MR) is 113 cm³/mol. The maximum absolute atomic E-state index is 13.3. The molecule has 0 radical (unpaired) electrons. The molecule has 0 atom stereocenters. The van der Waals surface area contributed by atoms with Crippen molar-refractivity contribution in [2.45, 2.75) is 20.8 Å². The number of benzene rings is 2. The minimum absolute atomic E-state index is 0.220. The van der Waals surface area contributed by atoms with E-state index >= 15 is 0 Å². The molecule has 1 aliphatic heterocycles. The van der Waals surface area contributed by atoms with Gasteiger partial charge in [0.1, 0.15) is 0 Å². The normalized spacial score (nSPS) is 15.6. The van der Waals surface area contributed by atoms with E-state index in [1.165, 1.54) is 12.0 Å². The maximum atomic E-state index is 13.3. The standard InChI is InChI=1S/C22H19Cl2NO3/c1-12-7-13(2)9-17(8-12)25-14(3)20(22(27)28-4)18(21(25)26)10-15-5-6-16(23)11-19(15)24/h5-11H,1-4H3/b18-10-. The van der Waals surface area contributed by atoms with Crippen LogP contribution in [0, 0.1) is 13.8 Å². The lowest BCUT2D eigenvalue weighted by atomic mass is 10.0. The van der Waals surface area contributed by atoms with Gasteiger partial charge in [-0.3, -0.25) is 9.69 Å². The number of esters is 1. The first-order valence-corrected chi connectivity index (χ1v) is 9.37. The molecule has 28 heavy (non-hydrogen) atoms. The van der Waals surface area contributed by atoms with Crippen LogP contribution in [0.3, 0.4) is 0 Å². The molecule has 4 nitrogen and oxygen atoms in total. The Morgan fingerprint density at radius 2 is 1.68 bits per heavy atom. The number of carbonyl (C=O) groups is 2. The Balaban J connectivity index is 2.19. The van der Waals surface area contributed by atoms with E-state index < -0.39 is 5.97 Å². The zero-order valence-electron chi connectivity index (χ0n) is 16.0. The molecule has 0 spiro atoms. The van der Waals surface area contributed by atoms with Gasteiger partial charge in [0.25, 0.3) is 5.91 Å². The number of nitrogens with zero attached hydrogens (tertiary/aromatic N) is 1. The molecule has 144 valence electrons. The Hall–Kier alpha value is -2.56. The summed E-state index contributed by atoms with van der Waals surface area (Å²) in [4.78, 5) is 27.3. The molecule has 0 fully saturated rings. The third-order valence-electron chi connectivity index (χ3n) is 4.52.